The van der Waals surface area contributed by atoms with E-state index in [1.54, 1.807) is 0 Å². The van der Waals surface area contributed by atoms with Gasteiger partial charge < -0.3 is 66.6 Å². The molecule has 0 fully saturated rings. The zero-order valence-corrected chi connectivity index (χ0v) is 44.4. The molecule has 0 saturated carbocycles. The number of hydrogen-bond donors (Lipinski definition) is 4. The molecule has 1 rings (SSSR count). The first-order valence-electron chi connectivity index (χ1n) is 22.7. The lowest BCUT2D eigenvalue weighted by atomic mass is 9.72. The van der Waals surface area contributed by atoms with Crippen molar-refractivity contribution in [1.29, 1.82) is 0 Å². The molecule has 0 atom stereocenters. The van der Waals surface area contributed by atoms with Crippen molar-refractivity contribution in [1.82, 2.24) is 0 Å². The lowest BCUT2D eigenvalue weighted by Gasteiger charge is -2.33. The molecule has 0 aromatic heterocycles. The van der Waals surface area contributed by atoms with Crippen molar-refractivity contribution in [2.24, 2.45) is 5.41 Å². The molecule has 0 saturated heterocycles. The van der Waals surface area contributed by atoms with Crippen LogP contribution in [0.3, 0.4) is 0 Å². The van der Waals surface area contributed by atoms with Gasteiger partial charge in [0.2, 0.25) is 0 Å². The minimum Gasteiger partial charge on any atom is -0.433 e. The van der Waals surface area contributed by atoms with Gasteiger partial charge in [0.25, 0.3) is 0 Å². The summed E-state index contributed by atoms with van der Waals surface area (Å²) < 4.78 is 55.1. The Bertz CT molecular complexity index is 1080. The largest absolute Gasteiger partial charge is 0.433 e. The molecule has 0 bridgehead atoms. The second-order valence-electron chi connectivity index (χ2n) is 19.2. The molecule has 17 heteroatoms. The molecule has 0 unspecified atom stereocenters. The van der Waals surface area contributed by atoms with Crippen LogP contribution in [0, 0.1) is 5.41 Å². The highest BCUT2D eigenvalue weighted by Crippen LogP contribution is 2.36. The molecule has 0 heterocycles. The Hall–Kier alpha value is -0.689. The van der Waals surface area contributed by atoms with E-state index >= 15 is 0 Å². The zero-order valence-electron chi connectivity index (χ0n) is 41.4. The molecular weight excluding hydrogens is 849 g/mol. The number of aryl methyl sites for hydroxylation is 1. The van der Waals surface area contributed by atoms with Crippen LogP contribution in [0.25, 0.3) is 0 Å². The van der Waals surface area contributed by atoms with E-state index in [2.05, 4.69) is 58.9 Å². The Morgan fingerprint density at radius 1 is 0.387 bits per heavy atom. The van der Waals surface area contributed by atoms with Crippen molar-refractivity contribution in [3.8, 4) is 0 Å². The maximum Gasteiger partial charge on any atom is 0.329 e. The van der Waals surface area contributed by atoms with Crippen molar-refractivity contribution < 1.29 is 66.6 Å². The normalized spacial score (nSPS) is 12.5. The predicted molar refractivity (Wildman–Crippen MR) is 257 cm³/mol. The second kappa shape index (κ2) is 38.4. The minimum absolute atomic E-state index is 0.176. The van der Waals surface area contributed by atoms with Gasteiger partial charge in [-0.1, -0.05) is 58.9 Å². The summed E-state index contributed by atoms with van der Waals surface area (Å²) in [5.74, 6) is 0. The van der Waals surface area contributed by atoms with Crippen molar-refractivity contribution in [2.45, 2.75) is 118 Å². The fraction of sp³-hybridized carbons (Fsp3) is 0.867. The SMILES string of the molecule is CC(C)(C)CC(C)(C)c1ccc(CCCOCCOCCOCCOCCOCCOCCOCCOCCOCCOCCC[Si](C)(O)O)cc1.C[Si](C)(C)O.C[Si](C)(C)O. The second-order valence-corrected chi connectivity index (χ2v) is 30.8. The smallest absolute Gasteiger partial charge is 0.329 e. The highest BCUT2D eigenvalue weighted by molar-refractivity contribution is 6.68. The predicted octanol–water partition coefficient (Wildman–Crippen LogP) is 6.57. The van der Waals surface area contributed by atoms with Crippen LogP contribution in [0.15, 0.2) is 24.3 Å². The summed E-state index contributed by atoms with van der Waals surface area (Å²) in [4.78, 5) is 36.0. The minimum atomic E-state index is -2.95. The topological polar surface area (TPSA) is 173 Å². The van der Waals surface area contributed by atoms with E-state index in [1.807, 2.05) is 39.3 Å². The van der Waals surface area contributed by atoms with Crippen LogP contribution in [-0.2, 0) is 59.2 Å². The van der Waals surface area contributed by atoms with Gasteiger partial charge in [0, 0.05) is 13.2 Å². The fourth-order valence-electron chi connectivity index (χ4n) is 5.52. The maximum atomic E-state index is 9.34. The molecule has 4 N–H and O–H groups in total. The van der Waals surface area contributed by atoms with Gasteiger partial charge in [0.1, 0.15) is 0 Å². The highest BCUT2D eigenvalue weighted by atomic mass is 28.4. The molecule has 1 aromatic rings. The Morgan fingerprint density at radius 3 is 0.871 bits per heavy atom. The quantitative estimate of drug-likeness (QED) is 0.0417. The lowest BCUT2D eigenvalue weighted by molar-refractivity contribution is -0.0264. The molecule has 0 amide bonds. The highest BCUT2D eigenvalue weighted by Gasteiger charge is 2.27. The van der Waals surface area contributed by atoms with Gasteiger partial charge in [0.05, 0.1) is 119 Å². The van der Waals surface area contributed by atoms with Gasteiger partial charge in [0.15, 0.2) is 16.6 Å². The summed E-state index contributed by atoms with van der Waals surface area (Å²) in [6.45, 7) is 34.9. The standard InChI is InChI=1S/C39H74O12Si.2C3H10OSi/c1-38(2,3)35-39(4,5)37-12-10-36(11-13-37)9-7-14-42-16-18-44-20-22-46-24-26-48-28-30-50-32-33-51-31-29-49-27-25-47-23-21-45-19-17-43-15-8-34-52(6,40)41;2*1-5(2,3)4/h10-13,40-41H,7-9,14-35H2,1-6H3;2*4H,1-3H3. The average molecular weight is 943 g/mol. The Balaban J connectivity index is 0. The maximum absolute atomic E-state index is 9.34. The molecule has 1 aromatic carbocycles. The first-order chi connectivity index (χ1) is 28.9. The van der Waals surface area contributed by atoms with Crippen molar-refractivity contribution in [3.05, 3.63) is 35.4 Å². The van der Waals surface area contributed by atoms with Crippen LogP contribution in [0.5, 0.6) is 0 Å². The molecule has 0 aliphatic heterocycles. The number of ether oxygens (including phenoxy) is 10. The first-order valence-corrected chi connectivity index (χ1v) is 32.1. The lowest BCUT2D eigenvalue weighted by Crippen LogP contribution is -2.29. The molecule has 14 nitrogen and oxygen atoms in total. The third-order valence-corrected chi connectivity index (χ3v) is 9.05. The molecule has 0 spiro atoms. The third-order valence-electron chi connectivity index (χ3n) is 7.75. The summed E-state index contributed by atoms with van der Waals surface area (Å²) in [5.41, 5.74) is 3.25. The van der Waals surface area contributed by atoms with E-state index in [0.29, 0.717) is 143 Å². The Labute approximate surface area is 381 Å². The monoisotopic (exact) mass is 943 g/mol. The molecule has 0 aliphatic carbocycles. The average Bonchev–Trinajstić information content (AvgIpc) is 3.12. The van der Waals surface area contributed by atoms with E-state index in [1.165, 1.54) is 17.7 Å². The summed E-state index contributed by atoms with van der Waals surface area (Å²) in [6.07, 6.45) is 3.83. The van der Waals surface area contributed by atoms with Crippen molar-refractivity contribution in [3.63, 3.8) is 0 Å². The Kier molecular flexibility index (Phi) is 39.3. The van der Waals surface area contributed by atoms with Gasteiger partial charge in [-0.25, -0.2) is 0 Å². The van der Waals surface area contributed by atoms with E-state index in [0.717, 1.165) is 25.9 Å². The first kappa shape index (κ1) is 63.4. The molecule has 0 radical (unpaired) electrons. The van der Waals surface area contributed by atoms with Crippen LogP contribution in [0.4, 0.5) is 0 Å². The molecule has 0 aliphatic rings. The molecule has 370 valence electrons. The van der Waals surface area contributed by atoms with Gasteiger partial charge in [-0.3, -0.25) is 0 Å². The van der Waals surface area contributed by atoms with E-state index in [4.69, 9.17) is 57.0 Å². The van der Waals surface area contributed by atoms with E-state index in [-0.39, 0.29) is 5.41 Å². The van der Waals surface area contributed by atoms with Gasteiger partial charge in [-0.05, 0) is 99.5 Å². The van der Waals surface area contributed by atoms with Gasteiger partial charge >= 0.3 is 8.56 Å². The molecule has 62 heavy (non-hydrogen) atoms. The summed E-state index contributed by atoms with van der Waals surface area (Å²) in [5, 5.41) is 0. The van der Waals surface area contributed by atoms with Crippen LogP contribution < -0.4 is 0 Å². The van der Waals surface area contributed by atoms with Crippen molar-refractivity contribution >= 4 is 25.2 Å². The summed E-state index contributed by atoms with van der Waals surface area (Å²) in [6, 6.07) is 9.53. The van der Waals surface area contributed by atoms with Crippen LogP contribution in [0.1, 0.15) is 65.0 Å². The number of rotatable bonds is 37. The van der Waals surface area contributed by atoms with Gasteiger partial charge in [-0.15, -0.1) is 0 Å². The van der Waals surface area contributed by atoms with Crippen LogP contribution >= 0.6 is 0 Å². The van der Waals surface area contributed by atoms with Crippen LogP contribution in [-0.4, -0.2) is 177 Å². The number of benzene rings is 1. The summed E-state index contributed by atoms with van der Waals surface area (Å²) in [7, 11) is -6.17. The number of hydrogen-bond acceptors (Lipinski definition) is 14. The van der Waals surface area contributed by atoms with E-state index < -0.39 is 25.2 Å². The van der Waals surface area contributed by atoms with E-state index in [9.17, 15) is 9.59 Å². The van der Waals surface area contributed by atoms with Crippen LogP contribution in [0.2, 0.25) is 51.9 Å². The third kappa shape index (κ3) is 57.3. The molecular formula is C45H94O14Si3. The van der Waals surface area contributed by atoms with Gasteiger partial charge in [-0.2, -0.15) is 0 Å². The summed E-state index contributed by atoms with van der Waals surface area (Å²) >= 11 is 0. The fourth-order valence-corrected chi connectivity index (χ4v) is 6.33. The Morgan fingerprint density at radius 2 is 0.629 bits per heavy atom. The van der Waals surface area contributed by atoms with Crippen molar-refractivity contribution in [2.75, 3.05) is 132 Å². The zero-order chi connectivity index (χ0) is 47.2.